The zero-order chi connectivity index (χ0) is 22.8. The molecule has 0 aliphatic carbocycles. The lowest BCUT2D eigenvalue weighted by molar-refractivity contribution is 0.592. The van der Waals surface area contributed by atoms with Crippen molar-refractivity contribution < 1.29 is 0 Å². The number of imidazole rings is 1. The van der Waals surface area contributed by atoms with Gasteiger partial charge in [0.2, 0.25) is 0 Å². The van der Waals surface area contributed by atoms with Gasteiger partial charge in [0, 0.05) is 38.5 Å². The van der Waals surface area contributed by atoms with E-state index >= 15 is 0 Å². The van der Waals surface area contributed by atoms with Crippen molar-refractivity contribution in [2.75, 3.05) is 5.75 Å². The summed E-state index contributed by atoms with van der Waals surface area (Å²) in [6.45, 7) is 5.36. The number of fused-ring (bicyclic) bond motifs is 1. The molecule has 0 aliphatic heterocycles. The summed E-state index contributed by atoms with van der Waals surface area (Å²) >= 11 is 1.60. The third kappa shape index (κ3) is 4.02. The summed E-state index contributed by atoms with van der Waals surface area (Å²) in [7, 11) is 3.40. The maximum absolute atomic E-state index is 12.8. The van der Waals surface area contributed by atoms with Gasteiger partial charge in [-0.05, 0) is 25.8 Å². The summed E-state index contributed by atoms with van der Waals surface area (Å²) in [6.07, 6.45) is 3.18. The largest absolute Gasteiger partial charge is 0.332 e. The molecule has 0 spiro atoms. The van der Waals surface area contributed by atoms with Crippen molar-refractivity contribution >= 4 is 22.9 Å². The van der Waals surface area contributed by atoms with Gasteiger partial charge in [-0.15, -0.1) is 10.2 Å². The molecule has 0 aliphatic rings. The number of hydrogen-bond donors (Lipinski definition) is 0. The molecule has 4 aromatic rings. The van der Waals surface area contributed by atoms with Gasteiger partial charge < -0.3 is 9.13 Å². The number of rotatable bonds is 8. The molecular weight excluding hydrogens is 426 g/mol. The second-order valence-electron chi connectivity index (χ2n) is 7.86. The lowest BCUT2D eigenvalue weighted by Gasteiger charge is -2.10. The fourth-order valence-corrected chi connectivity index (χ4v) is 4.69. The van der Waals surface area contributed by atoms with Crippen LogP contribution < -0.4 is 11.2 Å². The van der Waals surface area contributed by atoms with Gasteiger partial charge in [-0.3, -0.25) is 13.9 Å². The van der Waals surface area contributed by atoms with Crippen LogP contribution in [0, 0.1) is 6.92 Å². The van der Waals surface area contributed by atoms with Gasteiger partial charge >= 0.3 is 5.69 Å². The summed E-state index contributed by atoms with van der Waals surface area (Å²) in [5.74, 6) is 1.58. The standard InChI is InChI=1S/C22H27N7O2S/c1-5-10-28-18(16-9-6-8-15(2)13-16)24-25-21(28)32-12-7-11-29-20(30)17-19(23-14-26(17)3)27(4)22(29)31/h6,8-9,13-14H,5,7,10-12H2,1-4H3. The Kier molecular flexibility index (Phi) is 6.31. The topological polar surface area (TPSA) is 92.5 Å². The van der Waals surface area contributed by atoms with Gasteiger partial charge in [0.05, 0.1) is 6.33 Å². The van der Waals surface area contributed by atoms with Crippen molar-refractivity contribution in [3.63, 3.8) is 0 Å². The highest BCUT2D eigenvalue weighted by Crippen LogP contribution is 2.25. The molecule has 0 fully saturated rings. The van der Waals surface area contributed by atoms with Crippen LogP contribution in [0.15, 0.2) is 45.3 Å². The first kappa shape index (κ1) is 22.1. The number of aromatic nitrogens is 7. The van der Waals surface area contributed by atoms with Crippen molar-refractivity contribution in [2.45, 2.75) is 44.9 Å². The van der Waals surface area contributed by atoms with Gasteiger partial charge in [0.1, 0.15) is 0 Å². The van der Waals surface area contributed by atoms with Crippen LogP contribution in [0.4, 0.5) is 0 Å². The molecule has 0 N–H and O–H groups in total. The highest BCUT2D eigenvalue weighted by molar-refractivity contribution is 7.99. The highest BCUT2D eigenvalue weighted by atomic mass is 32.2. The minimum absolute atomic E-state index is 0.302. The second kappa shape index (κ2) is 9.15. The molecule has 0 saturated carbocycles. The van der Waals surface area contributed by atoms with Crippen LogP contribution in [0.1, 0.15) is 25.3 Å². The van der Waals surface area contributed by atoms with Gasteiger partial charge in [0.25, 0.3) is 5.56 Å². The molecule has 4 rings (SSSR count). The maximum Gasteiger partial charge on any atom is 0.332 e. The van der Waals surface area contributed by atoms with E-state index in [2.05, 4.69) is 45.7 Å². The molecule has 0 amide bonds. The Hall–Kier alpha value is -3.14. The summed E-state index contributed by atoms with van der Waals surface area (Å²) < 4.78 is 6.52. The number of hydrogen-bond acceptors (Lipinski definition) is 6. The SMILES string of the molecule is CCCn1c(SCCCn2c(=O)c3c(ncn3C)n(C)c2=O)nnc1-c1cccc(C)c1. The van der Waals surface area contributed by atoms with Gasteiger partial charge in [-0.25, -0.2) is 9.78 Å². The van der Waals surface area contributed by atoms with E-state index in [-0.39, 0.29) is 11.2 Å². The first-order valence-corrected chi connectivity index (χ1v) is 11.6. The van der Waals surface area contributed by atoms with Crippen LogP contribution in [-0.2, 0) is 27.2 Å². The predicted octanol–water partition coefficient (Wildman–Crippen LogP) is 2.59. The van der Waals surface area contributed by atoms with Gasteiger partial charge in [-0.2, -0.15) is 0 Å². The zero-order valence-electron chi connectivity index (χ0n) is 18.8. The molecule has 0 radical (unpaired) electrons. The van der Waals surface area contributed by atoms with Crippen molar-refractivity contribution in [3.05, 3.63) is 57.0 Å². The van der Waals surface area contributed by atoms with E-state index in [0.717, 1.165) is 29.5 Å². The minimum atomic E-state index is -0.345. The Morgan fingerprint density at radius 2 is 1.88 bits per heavy atom. The molecule has 0 bridgehead atoms. The van der Waals surface area contributed by atoms with Gasteiger partial charge in [-0.1, -0.05) is 42.4 Å². The lowest BCUT2D eigenvalue weighted by Crippen LogP contribution is -2.39. The van der Waals surface area contributed by atoms with E-state index < -0.39 is 0 Å². The Bertz CT molecular complexity index is 1380. The smallest absolute Gasteiger partial charge is 0.328 e. The number of nitrogens with zero attached hydrogens (tertiary/aromatic N) is 7. The van der Waals surface area contributed by atoms with Crippen LogP contribution in [0.2, 0.25) is 0 Å². The molecule has 0 atom stereocenters. The minimum Gasteiger partial charge on any atom is -0.328 e. The monoisotopic (exact) mass is 453 g/mol. The molecule has 0 unspecified atom stereocenters. The number of aryl methyl sites for hydroxylation is 3. The van der Waals surface area contributed by atoms with Crippen LogP contribution in [0.25, 0.3) is 22.6 Å². The first-order valence-electron chi connectivity index (χ1n) is 10.7. The molecule has 10 heteroatoms. The molecule has 168 valence electrons. The van der Waals surface area contributed by atoms with E-state index in [9.17, 15) is 9.59 Å². The molecule has 0 saturated heterocycles. The molecule has 32 heavy (non-hydrogen) atoms. The first-order chi connectivity index (χ1) is 15.4. The summed E-state index contributed by atoms with van der Waals surface area (Å²) in [5.41, 5.74) is 2.43. The fraction of sp³-hybridized carbons (Fsp3) is 0.409. The third-order valence-electron chi connectivity index (χ3n) is 5.40. The Labute approximate surface area is 189 Å². The van der Waals surface area contributed by atoms with Gasteiger partial charge in [0.15, 0.2) is 22.1 Å². The average Bonchev–Trinajstić information content (AvgIpc) is 3.35. The number of benzene rings is 1. The fourth-order valence-electron chi connectivity index (χ4n) is 3.80. The molecule has 1 aromatic carbocycles. The highest BCUT2D eigenvalue weighted by Gasteiger charge is 2.16. The average molecular weight is 454 g/mol. The van der Waals surface area contributed by atoms with Crippen LogP contribution >= 0.6 is 11.8 Å². The quantitative estimate of drug-likeness (QED) is 0.301. The molecule has 3 heterocycles. The normalized spacial score (nSPS) is 11.5. The van der Waals surface area contributed by atoms with E-state index in [4.69, 9.17) is 0 Å². The molecule has 9 nitrogen and oxygen atoms in total. The Morgan fingerprint density at radius 1 is 1.06 bits per heavy atom. The third-order valence-corrected chi connectivity index (χ3v) is 6.45. The predicted molar refractivity (Wildman–Crippen MR) is 126 cm³/mol. The summed E-state index contributed by atoms with van der Waals surface area (Å²) in [6, 6.07) is 8.25. The van der Waals surface area contributed by atoms with Crippen molar-refractivity contribution in [1.82, 2.24) is 33.4 Å². The van der Waals surface area contributed by atoms with Crippen molar-refractivity contribution in [3.8, 4) is 11.4 Å². The maximum atomic E-state index is 12.8. The van der Waals surface area contributed by atoms with E-state index in [1.54, 1.807) is 36.8 Å². The molecular formula is C22H27N7O2S. The summed E-state index contributed by atoms with van der Waals surface area (Å²) in [4.78, 5) is 29.6. The Balaban J connectivity index is 1.51. The van der Waals surface area contributed by atoms with E-state index in [1.165, 1.54) is 14.7 Å². The van der Waals surface area contributed by atoms with Crippen molar-refractivity contribution in [1.29, 1.82) is 0 Å². The number of thioether (sulfide) groups is 1. The Morgan fingerprint density at radius 3 is 2.62 bits per heavy atom. The van der Waals surface area contributed by atoms with Crippen LogP contribution in [-0.4, -0.2) is 39.2 Å². The van der Waals surface area contributed by atoms with Crippen molar-refractivity contribution in [2.24, 2.45) is 14.1 Å². The van der Waals surface area contributed by atoms with Crippen LogP contribution in [0.3, 0.4) is 0 Å². The summed E-state index contributed by atoms with van der Waals surface area (Å²) in [5, 5.41) is 9.70. The second-order valence-corrected chi connectivity index (χ2v) is 8.92. The zero-order valence-corrected chi connectivity index (χ0v) is 19.6. The van der Waals surface area contributed by atoms with E-state index in [1.807, 2.05) is 12.1 Å². The molecule has 3 aromatic heterocycles. The lowest BCUT2D eigenvalue weighted by atomic mass is 10.1. The van der Waals surface area contributed by atoms with Crippen LogP contribution in [0.5, 0.6) is 0 Å². The van der Waals surface area contributed by atoms with E-state index in [0.29, 0.717) is 29.9 Å².